The molecule has 1 amide bonds. The number of para-hydroxylation sites is 1. The standard InChI is InChI=1S/C27H30N6O2S/c1-31-12-16-14-32(15-17(16)13-31)27-28-11-19-23(34)22(25(35)29-18-7-3-2-4-8-18)26-33(24(19)30-27)20-9-5-6-10-21(20)36-26/h5-6,9-11,16-18H,2-4,7-8,12-15H2,1H3,(H,29,35). The van der Waals surface area contributed by atoms with Gasteiger partial charge in [-0.3, -0.25) is 14.0 Å². The second kappa shape index (κ2) is 8.52. The lowest BCUT2D eigenvalue weighted by Gasteiger charge is -2.23. The summed E-state index contributed by atoms with van der Waals surface area (Å²) in [6.07, 6.45) is 7.01. The molecule has 0 spiro atoms. The minimum Gasteiger partial charge on any atom is -0.349 e. The molecule has 0 radical (unpaired) electrons. The molecule has 36 heavy (non-hydrogen) atoms. The number of nitrogens with zero attached hydrogens (tertiary/aromatic N) is 5. The number of carbonyl (C=O) groups excluding carboxylic acids is 1. The van der Waals surface area contributed by atoms with Crippen molar-refractivity contribution in [2.45, 2.75) is 38.1 Å². The van der Waals surface area contributed by atoms with Crippen molar-refractivity contribution < 1.29 is 4.79 Å². The minimum absolute atomic E-state index is 0.128. The van der Waals surface area contributed by atoms with Gasteiger partial charge < -0.3 is 15.1 Å². The first-order chi connectivity index (χ1) is 17.6. The van der Waals surface area contributed by atoms with Gasteiger partial charge in [0.1, 0.15) is 10.4 Å². The molecule has 1 N–H and O–H groups in total. The molecule has 3 aromatic heterocycles. The summed E-state index contributed by atoms with van der Waals surface area (Å²) in [4.78, 5) is 42.2. The molecule has 1 aromatic carbocycles. The van der Waals surface area contributed by atoms with Gasteiger partial charge in [-0.15, -0.1) is 11.3 Å². The highest BCUT2D eigenvalue weighted by atomic mass is 32.1. The molecule has 2 aliphatic heterocycles. The molecule has 8 nitrogen and oxygen atoms in total. The van der Waals surface area contributed by atoms with Crippen LogP contribution in [0.4, 0.5) is 5.95 Å². The lowest BCUT2D eigenvalue weighted by molar-refractivity contribution is 0.0928. The van der Waals surface area contributed by atoms with E-state index in [0.29, 0.717) is 33.6 Å². The van der Waals surface area contributed by atoms with E-state index in [2.05, 4.69) is 27.1 Å². The van der Waals surface area contributed by atoms with Gasteiger partial charge in [-0.05, 0) is 43.9 Å². The summed E-state index contributed by atoms with van der Waals surface area (Å²) in [6, 6.07) is 8.17. The van der Waals surface area contributed by atoms with Gasteiger partial charge in [0.15, 0.2) is 5.65 Å². The van der Waals surface area contributed by atoms with Gasteiger partial charge in [0, 0.05) is 38.4 Å². The fraction of sp³-hybridized carbons (Fsp3) is 0.481. The number of pyridine rings is 1. The number of fused-ring (bicyclic) bond motifs is 6. The van der Waals surface area contributed by atoms with Crippen LogP contribution in [0.15, 0.2) is 35.3 Å². The van der Waals surface area contributed by atoms with Crippen LogP contribution in [0.25, 0.3) is 26.1 Å². The zero-order valence-corrected chi connectivity index (χ0v) is 21.3. The van der Waals surface area contributed by atoms with Crippen LogP contribution in [0.5, 0.6) is 0 Å². The number of thiazole rings is 1. The largest absolute Gasteiger partial charge is 0.349 e. The molecule has 1 aliphatic carbocycles. The van der Waals surface area contributed by atoms with Crippen LogP contribution in [0.3, 0.4) is 0 Å². The van der Waals surface area contributed by atoms with E-state index in [-0.39, 0.29) is 22.9 Å². The lowest BCUT2D eigenvalue weighted by Crippen LogP contribution is -2.38. The van der Waals surface area contributed by atoms with Crippen LogP contribution >= 0.6 is 11.3 Å². The van der Waals surface area contributed by atoms with E-state index in [4.69, 9.17) is 4.98 Å². The molecule has 9 heteroatoms. The van der Waals surface area contributed by atoms with Crippen LogP contribution in [-0.4, -0.2) is 64.4 Å². The Bertz CT molecular complexity index is 1540. The highest BCUT2D eigenvalue weighted by Gasteiger charge is 2.39. The Morgan fingerprint density at radius 1 is 1.06 bits per heavy atom. The van der Waals surface area contributed by atoms with Crippen molar-refractivity contribution >= 4 is 49.3 Å². The average molecular weight is 503 g/mol. The predicted molar refractivity (Wildman–Crippen MR) is 143 cm³/mol. The normalized spacial score (nSPS) is 23.2. The van der Waals surface area contributed by atoms with E-state index in [1.807, 2.05) is 28.7 Å². The average Bonchev–Trinajstić information content (AvgIpc) is 3.55. The number of nitrogens with one attached hydrogen (secondary N) is 1. The van der Waals surface area contributed by atoms with Gasteiger partial charge in [0.2, 0.25) is 11.4 Å². The minimum atomic E-state index is -0.281. The molecule has 0 bridgehead atoms. The third kappa shape index (κ3) is 3.51. The van der Waals surface area contributed by atoms with E-state index in [0.717, 1.165) is 62.1 Å². The van der Waals surface area contributed by atoms with Crippen LogP contribution in [0.1, 0.15) is 42.5 Å². The predicted octanol–water partition coefficient (Wildman–Crippen LogP) is 3.52. The van der Waals surface area contributed by atoms with Gasteiger partial charge in [0.25, 0.3) is 5.91 Å². The fourth-order valence-corrected chi connectivity index (χ4v) is 7.72. The van der Waals surface area contributed by atoms with E-state index < -0.39 is 0 Å². The molecule has 7 rings (SSSR count). The van der Waals surface area contributed by atoms with Crippen molar-refractivity contribution in [2.75, 3.05) is 38.1 Å². The molecule has 186 valence electrons. The third-order valence-electron chi connectivity index (χ3n) is 8.29. The number of carbonyl (C=O) groups is 1. The van der Waals surface area contributed by atoms with Crippen molar-refractivity contribution in [1.29, 1.82) is 0 Å². The van der Waals surface area contributed by atoms with Crippen LogP contribution in [-0.2, 0) is 0 Å². The Balaban J connectivity index is 1.37. The molecular formula is C27H30N6O2S. The molecule has 1 saturated carbocycles. The lowest BCUT2D eigenvalue weighted by atomic mass is 9.95. The van der Waals surface area contributed by atoms with E-state index >= 15 is 0 Å². The van der Waals surface area contributed by atoms with Crippen molar-refractivity contribution in [2.24, 2.45) is 11.8 Å². The second-order valence-electron chi connectivity index (χ2n) is 10.8. The first-order valence-electron chi connectivity index (χ1n) is 13.0. The summed E-state index contributed by atoms with van der Waals surface area (Å²) in [5, 5.41) is 3.56. The molecule has 5 heterocycles. The van der Waals surface area contributed by atoms with E-state index in [1.54, 1.807) is 6.20 Å². The zero-order valence-electron chi connectivity index (χ0n) is 20.4. The van der Waals surface area contributed by atoms with E-state index in [1.165, 1.54) is 17.8 Å². The van der Waals surface area contributed by atoms with Gasteiger partial charge in [0.05, 0.1) is 15.6 Å². The van der Waals surface area contributed by atoms with E-state index in [9.17, 15) is 9.59 Å². The Morgan fingerprint density at radius 2 is 1.81 bits per heavy atom. The summed E-state index contributed by atoms with van der Waals surface area (Å²) in [7, 11) is 2.18. The maximum absolute atomic E-state index is 13.8. The number of hydrogen-bond donors (Lipinski definition) is 1. The summed E-state index contributed by atoms with van der Waals surface area (Å²) < 4.78 is 3.03. The number of hydrogen-bond acceptors (Lipinski definition) is 7. The molecule has 2 atom stereocenters. The first kappa shape index (κ1) is 22.2. The number of benzene rings is 1. The Morgan fingerprint density at radius 3 is 2.58 bits per heavy atom. The highest BCUT2D eigenvalue weighted by molar-refractivity contribution is 7.24. The summed E-state index contributed by atoms with van der Waals surface area (Å²) in [5.41, 5.74) is 1.47. The highest BCUT2D eigenvalue weighted by Crippen LogP contribution is 2.34. The maximum atomic E-state index is 13.8. The Hall–Kier alpha value is -3.04. The molecule has 3 aliphatic rings. The SMILES string of the molecule is CN1CC2CN(c3ncc4c(=O)c(C(=O)NC5CCCCC5)c5sc6ccccc6n5c4n3)CC2C1. The fourth-order valence-electron chi connectivity index (χ4n) is 6.53. The molecule has 2 saturated heterocycles. The van der Waals surface area contributed by atoms with Gasteiger partial charge in [-0.2, -0.15) is 4.98 Å². The van der Waals surface area contributed by atoms with Gasteiger partial charge >= 0.3 is 0 Å². The number of rotatable bonds is 3. The Labute approximate surface area is 212 Å². The van der Waals surface area contributed by atoms with Crippen molar-refractivity contribution in [3.05, 3.63) is 46.2 Å². The summed E-state index contributed by atoms with van der Waals surface area (Å²) in [5.74, 6) is 1.65. The molecule has 4 aromatic rings. The third-order valence-corrected chi connectivity index (χ3v) is 9.43. The van der Waals surface area contributed by atoms with Crippen molar-refractivity contribution in [3.63, 3.8) is 0 Å². The Kier molecular flexibility index (Phi) is 5.25. The molecular weight excluding hydrogens is 472 g/mol. The number of aromatic nitrogens is 3. The van der Waals surface area contributed by atoms with Crippen LogP contribution in [0.2, 0.25) is 0 Å². The number of likely N-dealkylation sites (tertiary alicyclic amines) is 1. The summed E-state index contributed by atoms with van der Waals surface area (Å²) in [6.45, 7) is 4.08. The van der Waals surface area contributed by atoms with Crippen molar-refractivity contribution in [3.8, 4) is 0 Å². The van der Waals surface area contributed by atoms with Gasteiger partial charge in [-0.1, -0.05) is 31.4 Å². The quantitative estimate of drug-likeness (QED) is 0.462. The summed E-state index contributed by atoms with van der Waals surface area (Å²) >= 11 is 1.48. The number of anilines is 1. The van der Waals surface area contributed by atoms with Crippen molar-refractivity contribution in [1.82, 2.24) is 24.6 Å². The monoisotopic (exact) mass is 502 g/mol. The first-order valence-corrected chi connectivity index (χ1v) is 13.9. The second-order valence-corrected chi connectivity index (χ2v) is 11.8. The zero-order chi connectivity index (χ0) is 24.4. The smallest absolute Gasteiger partial charge is 0.258 e. The van der Waals surface area contributed by atoms with Crippen LogP contribution < -0.4 is 15.6 Å². The number of amides is 1. The topological polar surface area (TPSA) is 82.8 Å². The van der Waals surface area contributed by atoms with Gasteiger partial charge in [-0.25, -0.2) is 4.98 Å². The maximum Gasteiger partial charge on any atom is 0.258 e. The van der Waals surface area contributed by atoms with Crippen LogP contribution in [0, 0.1) is 11.8 Å². The molecule has 2 unspecified atom stereocenters. The molecule has 3 fully saturated rings.